The van der Waals surface area contributed by atoms with Gasteiger partial charge >= 0.3 is 0 Å². The summed E-state index contributed by atoms with van der Waals surface area (Å²) >= 11 is 1.43. The predicted octanol–water partition coefficient (Wildman–Crippen LogP) is 4.53. The molecule has 6 nitrogen and oxygen atoms in total. The maximum atomic E-state index is 13.6. The minimum absolute atomic E-state index is 0.228. The lowest BCUT2D eigenvalue weighted by atomic mass is 10.1. The van der Waals surface area contributed by atoms with Crippen molar-refractivity contribution in [2.75, 3.05) is 22.9 Å². The van der Waals surface area contributed by atoms with E-state index in [2.05, 4.69) is 19.9 Å². The minimum Gasteiger partial charge on any atom is -0.341 e. The van der Waals surface area contributed by atoms with Gasteiger partial charge in [0.2, 0.25) is 5.95 Å². The van der Waals surface area contributed by atoms with E-state index >= 15 is 0 Å². The zero-order valence-corrected chi connectivity index (χ0v) is 18.0. The lowest BCUT2D eigenvalue weighted by molar-refractivity contribution is 0.0980. The number of piperidine rings is 1. The van der Waals surface area contributed by atoms with E-state index in [0.717, 1.165) is 42.5 Å². The molecule has 1 saturated heterocycles. The summed E-state index contributed by atoms with van der Waals surface area (Å²) in [7, 11) is 0. The fraction of sp³-hybridized carbons (Fsp3) is 0.364. The van der Waals surface area contributed by atoms with Gasteiger partial charge in [0.05, 0.1) is 11.6 Å². The van der Waals surface area contributed by atoms with Crippen molar-refractivity contribution >= 4 is 28.9 Å². The molecule has 1 aromatic carbocycles. The molecule has 1 aliphatic heterocycles. The molecule has 4 rings (SSSR count). The van der Waals surface area contributed by atoms with Crippen LogP contribution in [0.4, 0.5) is 16.0 Å². The number of hydrogen-bond acceptors (Lipinski definition) is 6. The SMILES string of the molecule is Cc1nc(C(=O)N(Cc2cnc(N3CCCCC3)nc2)c2ccc(F)cc2C)cs1. The maximum absolute atomic E-state index is 13.6. The highest BCUT2D eigenvalue weighted by Gasteiger charge is 2.23. The largest absolute Gasteiger partial charge is 0.341 e. The van der Waals surface area contributed by atoms with Crippen LogP contribution in [-0.4, -0.2) is 33.9 Å². The van der Waals surface area contributed by atoms with Gasteiger partial charge in [0, 0.05) is 42.1 Å². The maximum Gasteiger partial charge on any atom is 0.278 e. The van der Waals surface area contributed by atoms with Gasteiger partial charge in [-0.05, 0) is 56.9 Å². The van der Waals surface area contributed by atoms with Crippen molar-refractivity contribution in [3.8, 4) is 0 Å². The van der Waals surface area contributed by atoms with Gasteiger partial charge in [0.1, 0.15) is 11.5 Å². The van der Waals surface area contributed by atoms with E-state index in [-0.39, 0.29) is 18.3 Å². The fourth-order valence-electron chi connectivity index (χ4n) is 3.66. The molecule has 1 fully saturated rings. The number of aromatic nitrogens is 3. The Kier molecular flexibility index (Phi) is 6.03. The number of nitrogens with zero attached hydrogens (tertiary/aromatic N) is 5. The molecule has 0 radical (unpaired) electrons. The van der Waals surface area contributed by atoms with Gasteiger partial charge in [-0.2, -0.15) is 0 Å². The van der Waals surface area contributed by atoms with E-state index in [0.29, 0.717) is 16.9 Å². The molecule has 1 aliphatic rings. The molecule has 0 saturated carbocycles. The second kappa shape index (κ2) is 8.87. The normalized spacial score (nSPS) is 14.0. The molecule has 8 heteroatoms. The lowest BCUT2D eigenvalue weighted by Gasteiger charge is -2.27. The van der Waals surface area contributed by atoms with Crippen molar-refractivity contribution in [3.63, 3.8) is 0 Å². The van der Waals surface area contributed by atoms with E-state index in [4.69, 9.17) is 0 Å². The van der Waals surface area contributed by atoms with E-state index in [1.54, 1.807) is 35.7 Å². The van der Waals surface area contributed by atoms with E-state index in [9.17, 15) is 9.18 Å². The van der Waals surface area contributed by atoms with E-state index in [1.807, 2.05) is 6.92 Å². The fourth-order valence-corrected chi connectivity index (χ4v) is 4.24. The molecular formula is C22H24FN5OS. The Morgan fingerprint density at radius 2 is 1.90 bits per heavy atom. The molecule has 0 aliphatic carbocycles. The number of thiazole rings is 1. The molecule has 0 atom stereocenters. The van der Waals surface area contributed by atoms with Crippen LogP contribution in [-0.2, 0) is 6.54 Å². The lowest BCUT2D eigenvalue weighted by Crippen LogP contribution is -2.32. The Balaban J connectivity index is 1.61. The average molecular weight is 426 g/mol. The highest BCUT2D eigenvalue weighted by atomic mass is 32.1. The van der Waals surface area contributed by atoms with Gasteiger partial charge in [-0.15, -0.1) is 11.3 Å². The summed E-state index contributed by atoms with van der Waals surface area (Å²) < 4.78 is 13.6. The standard InChI is InChI=1S/C22H24FN5OS/c1-15-10-18(23)6-7-20(15)28(21(29)19-14-30-16(2)26-19)13-17-11-24-22(25-12-17)27-8-4-3-5-9-27/h6-7,10-12,14H,3-5,8-9,13H2,1-2H3. The first-order valence-electron chi connectivity index (χ1n) is 10.1. The number of anilines is 2. The Morgan fingerprint density at radius 1 is 1.17 bits per heavy atom. The number of carbonyl (C=O) groups is 1. The van der Waals surface area contributed by atoms with Crippen molar-refractivity contribution in [1.82, 2.24) is 15.0 Å². The first-order valence-corrected chi connectivity index (χ1v) is 11.0. The average Bonchev–Trinajstić information content (AvgIpc) is 3.19. The van der Waals surface area contributed by atoms with Gasteiger partial charge in [-0.1, -0.05) is 0 Å². The summed E-state index contributed by atoms with van der Waals surface area (Å²) in [6.45, 7) is 5.88. The van der Waals surface area contributed by atoms with Crippen LogP contribution in [0.25, 0.3) is 0 Å². The third-order valence-corrected chi connectivity index (χ3v) is 5.98. The molecule has 1 amide bonds. The summed E-state index contributed by atoms with van der Waals surface area (Å²) in [5, 5.41) is 2.57. The second-order valence-corrected chi connectivity index (χ2v) is 8.58. The third kappa shape index (κ3) is 4.48. The predicted molar refractivity (Wildman–Crippen MR) is 117 cm³/mol. The Morgan fingerprint density at radius 3 is 2.53 bits per heavy atom. The Bertz CT molecular complexity index is 1030. The zero-order chi connectivity index (χ0) is 21.1. The molecular weight excluding hydrogens is 401 g/mol. The summed E-state index contributed by atoms with van der Waals surface area (Å²) in [6, 6.07) is 4.42. The number of carbonyl (C=O) groups excluding carboxylic acids is 1. The first-order chi connectivity index (χ1) is 14.5. The van der Waals surface area contributed by atoms with Crippen molar-refractivity contribution in [2.45, 2.75) is 39.7 Å². The number of aryl methyl sites for hydroxylation is 2. The molecule has 3 heterocycles. The van der Waals surface area contributed by atoms with Crippen molar-refractivity contribution < 1.29 is 9.18 Å². The van der Waals surface area contributed by atoms with Gasteiger partial charge in [-0.25, -0.2) is 19.3 Å². The van der Waals surface area contributed by atoms with Crippen molar-refractivity contribution in [1.29, 1.82) is 0 Å². The zero-order valence-electron chi connectivity index (χ0n) is 17.1. The van der Waals surface area contributed by atoms with Crippen LogP contribution in [0.15, 0.2) is 36.0 Å². The smallest absolute Gasteiger partial charge is 0.278 e. The van der Waals surface area contributed by atoms with Gasteiger partial charge in [0.15, 0.2) is 0 Å². The molecule has 0 unspecified atom stereocenters. The second-order valence-electron chi connectivity index (χ2n) is 7.51. The van der Waals surface area contributed by atoms with Crippen LogP contribution in [0.5, 0.6) is 0 Å². The summed E-state index contributed by atoms with van der Waals surface area (Å²) in [4.78, 5) is 30.4. The van der Waals surface area contributed by atoms with E-state index < -0.39 is 0 Å². The van der Waals surface area contributed by atoms with Crippen LogP contribution in [0.2, 0.25) is 0 Å². The first kappa shape index (κ1) is 20.4. The molecule has 2 aromatic heterocycles. The number of benzene rings is 1. The molecule has 30 heavy (non-hydrogen) atoms. The van der Waals surface area contributed by atoms with E-state index in [1.165, 1.54) is 29.9 Å². The molecule has 0 spiro atoms. The summed E-state index contributed by atoms with van der Waals surface area (Å²) in [5.74, 6) is 0.168. The number of rotatable bonds is 5. The summed E-state index contributed by atoms with van der Waals surface area (Å²) in [6.07, 6.45) is 7.10. The monoisotopic (exact) mass is 425 g/mol. The molecule has 3 aromatic rings. The van der Waals surface area contributed by atoms with Crippen molar-refractivity contribution in [3.05, 3.63) is 63.6 Å². The number of hydrogen-bond donors (Lipinski definition) is 0. The van der Waals surface area contributed by atoms with Crippen LogP contribution < -0.4 is 9.80 Å². The third-order valence-electron chi connectivity index (χ3n) is 5.20. The van der Waals surface area contributed by atoms with Crippen molar-refractivity contribution in [2.24, 2.45) is 0 Å². The highest BCUT2D eigenvalue weighted by Crippen LogP contribution is 2.26. The molecule has 0 bridgehead atoms. The Hall–Kier alpha value is -2.87. The van der Waals surface area contributed by atoms with Crippen LogP contribution in [0.1, 0.15) is 45.9 Å². The quantitative estimate of drug-likeness (QED) is 0.601. The Labute approximate surface area is 179 Å². The molecule has 156 valence electrons. The summed E-state index contributed by atoms with van der Waals surface area (Å²) in [5.41, 5.74) is 2.51. The highest BCUT2D eigenvalue weighted by molar-refractivity contribution is 7.09. The number of amides is 1. The van der Waals surface area contributed by atoms with Crippen LogP contribution >= 0.6 is 11.3 Å². The van der Waals surface area contributed by atoms with Crippen LogP contribution in [0.3, 0.4) is 0 Å². The topological polar surface area (TPSA) is 62.2 Å². The minimum atomic E-state index is -0.331. The van der Waals surface area contributed by atoms with Gasteiger partial charge < -0.3 is 9.80 Å². The van der Waals surface area contributed by atoms with Gasteiger partial charge in [-0.3, -0.25) is 4.79 Å². The number of halogens is 1. The van der Waals surface area contributed by atoms with Gasteiger partial charge in [0.25, 0.3) is 5.91 Å². The molecule has 0 N–H and O–H groups in total. The van der Waals surface area contributed by atoms with Crippen LogP contribution in [0, 0.1) is 19.7 Å².